The number of nitrogen functional groups attached to an aromatic ring is 1. The topological polar surface area (TPSA) is 43.8 Å². The number of thiazole rings is 1. The number of nitrogens with zero attached hydrogens (tertiary/aromatic N) is 2. The molecular formula is C13H19N3S. The molecular weight excluding hydrogens is 230 g/mol. The zero-order valence-corrected chi connectivity index (χ0v) is 11.7. The average Bonchev–Trinajstić information content (AvgIpc) is 2.72. The molecule has 2 rings (SSSR count). The molecule has 2 aromatic heterocycles. The Morgan fingerprint density at radius 2 is 2.06 bits per heavy atom. The summed E-state index contributed by atoms with van der Waals surface area (Å²) in [5, 5.41) is 0.651. The normalized spacial score (nSPS) is 11.1. The standard InChI is InChI=1S/C13H19N3S/c1-5-6-16-8(2)7-11(9(16)3)12-10(4)17-13(14)15-12/h7H,5-6H2,1-4H3,(H2,14,15). The van der Waals surface area contributed by atoms with Crippen molar-refractivity contribution in [1.29, 1.82) is 0 Å². The lowest BCUT2D eigenvalue weighted by atomic mass is 10.1. The van der Waals surface area contributed by atoms with E-state index in [4.69, 9.17) is 5.73 Å². The van der Waals surface area contributed by atoms with Gasteiger partial charge in [0.1, 0.15) is 0 Å². The minimum Gasteiger partial charge on any atom is -0.375 e. The largest absolute Gasteiger partial charge is 0.375 e. The van der Waals surface area contributed by atoms with E-state index < -0.39 is 0 Å². The van der Waals surface area contributed by atoms with Crippen LogP contribution in [0.4, 0.5) is 5.13 Å². The Bertz CT molecular complexity index is 537. The van der Waals surface area contributed by atoms with Gasteiger partial charge in [0.15, 0.2) is 5.13 Å². The first kappa shape index (κ1) is 12.2. The lowest BCUT2D eigenvalue weighted by molar-refractivity contribution is 0.649. The SMILES string of the molecule is CCCn1c(C)cc(-c2nc(N)sc2C)c1C. The predicted molar refractivity (Wildman–Crippen MR) is 74.5 cm³/mol. The van der Waals surface area contributed by atoms with Crippen molar-refractivity contribution in [3.63, 3.8) is 0 Å². The Hall–Kier alpha value is -1.29. The van der Waals surface area contributed by atoms with Gasteiger partial charge in [-0.3, -0.25) is 0 Å². The molecule has 0 atom stereocenters. The van der Waals surface area contributed by atoms with Crippen LogP contribution in [-0.4, -0.2) is 9.55 Å². The van der Waals surface area contributed by atoms with E-state index in [0.29, 0.717) is 5.13 Å². The van der Waals surface area contributed by atoms with Crippen molar-refractivity contribution in [2.75, 3.05) is 5.73 Å². The summed E-state index contributed by atoms with van der Waals surface area (Å²) < 4.78 is 2.35. The van der Waals surface area contributed by atoms with E-state index >= 15 is 0 Å². The molecule has 0 saturated heterocycles. The van der Waals surface area contributed by atoms with Crippen molar-refractivity contribution in [3.8, 4) is 11.3 Å². The van der Waals surface area contributed by atoms with Gasteiger partial charge in [0, 0.05) is 28.4 Å². The molecule has 17 heavy (non-hydrogen) atoms. The van der Waals surface area contributed by atoms with Crippen LogP contribution in [0.15, 0.2) is 6.07 Å². The van der Waals surface area contributed by atoms with Gasteiger partial charge in [-0.15, -0.1) is 11.3 Å². The van der Waals surface area contributed by atoms with Crippen molar-refractivity contribution < 1.29 is 0 Å². The molecule has 0 fully saturated rings. The molecule has 2 heterocycles. The van der Waals surface area contributed by atoms with Crippen LogP contribution in [0.3, 0.4) is 0 Å². The third-order valence-electron chi connectivity index (χ3n) is 3.09. The Balaban J connectivity index is 2.53. The summed E-state index contributed by atoms with van der Waals surface area (Å²) in [4.78, 5) is 5.63. The first-order valence-corrected chi connectivity index (χ1v) is 6.76. The van der Waals surface area contributed by atoms with E-state index in [1.807, 2.05) is 0 Å². The molecule has 0 aliphatic heterocycles. The number of hydrogen-bond donors (Lipinski definition) is 1. The molecule has 0 aliphatic carbocycles. The highest BCUT2D eigenvalue weighted by atomic mass is 32.1. The van der Waals surface area contributed by atoms with Gasteiger partial charge in [0.25, 0.3) is 0 Å². The maximum absolute atomic E-state index is 5.77. The zero-order chi connectivity index (χ0) is 12.6. The molecule has 0 bridgehead atoms. The van der Waals surface area contributed by atoms with Crippen molar-refractivity contribution in [1.82, 2.24) is 9.55 Å². The number of hydrogen-bond acceptors (Lipinski definition) is 3. The Morgan fingerprint density at radius 3 is 2.59 bits per heavy atom. The molecule has 0 radical (unpaired) electrons. The monoisotopic (exact) mass is 249 g/mol. The first-order chi connectivity index (χ1) is 8.04. The van der Waals surface area contributed by atoms with Gasteiger partial charge in [0.05, 0.1) is 5.69 Å². The van der Waals surface area contributed by atoms with Gasteiger partial charge >= 0.3 is 0 Å². The number of aryl methyl sites for hydroxylation is 2. The summed E-state index contributed by atoms with van der Waals surface area (Å²) in [6, 6.07) is 2.21. The molecule has 0 amide bonds. The van der Waals surface area contributed by atoms with E-state index in [1.165, 1.54) is 21.8 Å². The molecule has 0 spiro atoms. The summed E-state index contributed by atoms with van der Waals surface area (Å²) >= 11 is 1.56. The number of aromatic nitrogens is 2. The molecule has 0 saturated carbocycles. The maximum atomic E-state index is 5.77. The van der Waals surface area contributed by atoms with E-state index in [9.17, 15) is 0 Å². The zero-order valence-electron chi connectivity index (χ0n) is 10.9. The first-order valence-electron chi connectivity index (χ1n) is 5.94. The van der Waals surface area contributed by atoms with Gasteiger partial charge < -0.3 is 10.3 Å². The van der Waals surface area contributed by atoms with Crippen LogP contribution in [0.5, 0.6) is 0 Å². The lowest BCUT2D eigenvalue weighted by Gasteiger charge is -2.07. The van der Waals surface area contributed by atoms with Crippen LogP contribution in [0.25, 0.3) is 11.3 Å². The molecule has 0 aliphatic rings. The second kappa shape index (κ2) is 4.53. The molecule has 0 unspecified atom stereocenters. The fourth-order valence-electron chi connectivity index (χ4n) is 2.28. The summed E-state index contributed by atoms with van der Waals surface area (Å²) in [6.45, 7) is 9.65. The Kier molecular flexibility index (Phi) is 3.24. The van der Waals surface area contributed by atoms with E-state index in [-0.39, 0.29) is 0 Å². The summed E-state index contributed by atoms with van der Waals surface area (Å²) in [5.74, 6) is 0. The summed E-state index contributed by atoms with van der Waals surface area (Å²) in [5.41, 5.74) is 10.6. The van der Waals surface area contributed by atoms with Crippen LogP contribution in [-0.2, 0) is 6.54 Å². The molecule has 4 heteroatoms. The smallest absolute Gasteiger partial charge is 0.180 e. The van der Waals surface area contributed by atoms with Crippen molar-refractivity contribution in [3.05, 3.63) is 22.3 Å². The van der Waals surface area contributed by atoms with Crippen LogP contribution in [0.2, 0.25) is 0 Å². The third-order valence-corrected chi connectivity index (χ3v) is 3.89. The van der Waals surface area contributed by atoms with Gasteiger partial charge in [-0.05, 0) is 33.3 Å². The van der Waals surface area contributed by atoms with Crippen LogP contribution >= 0.6 is 11.3 Å². The summed E-state index contributed by atoms with van der Waals surface area (Å²) in [7, 11) is 0. The summed E-state index contributed by atoms with van der Waals surface area (Å²) in [6.07, 6.45) is 1.15. The fraction of sp³-hybridized carbons (Fsp3) is 0.462. The quantitative estimate of drug-likeness (QED) is 0.904. The second-order valence-corrected chi connectivity index (χ2v) is 5.63. The van der Waals surface area contributed by atoms with Crippen LogP contribution in [0, 0.1) is 20.8 Å². The fourth-order valence-corrected chi connectivity index (χ4v) is 2.98. The number of rotatable bonds is 3. The van der Waals surface area contributed by atoms with E-state index in [0.717, 1.165) is 18.7 Å². The Labute approximate surface area is 106 Å². The van der Waals surface area contributed by atoms with Crippen molar-refractivity contribution in [2.24, 2.45) is 0 Å². The Morgan fingerprint density at radius 1 is 1.35 bits per heavy atom. The minimum absolute atomic E-state index is 0.651. The maximum Gasteiger partial charge on any atom is 0.180 e. The number of nitrogens with two attached hydrogens (primary N) is 1. The highest BCUT2D eigenvalue weighted by Gasteiger charge is 2.15. The lowest BCUT2D eigenvalue weighted by Crippen LogP contribution is -2.01. The molecule has 3 nitrogen and oxygen atoms in total. The van der Waals surface area contributed by atoms with Crippen LogP contribution < -0.4 is 5.73 Å². The minimum atomic E-state index is 0.651. The van der Waals surface area contributed by atoms with Gasteiger partial charge in [-0.2, -0.15) is 0 Å². The third kappa shape index (κ3) is 2.09. The van der Waals surface area contributed by atoms with Crippen LogP contribution in [0.1, 0.15) is 29.6 Å². The van der Waals surface area contributed by atoms with Crippen molar-refractivity contribution in [2.45, 2.75) is 40.7 Å². The predicted octanol–water partition coefficient (Wildman–Crippen LogP) is 3.53. The molecule has 0 aromatic carbocycles. The molecule has 2 aromatic rings. The van der Waals surface area contributed by atoms with Crippen molar-refractivity contribution >= 4 is 16.5 Å². The van der Waals surface area contributed by atoms with E-state index in [2.05, 4.69) is 43.3 Å². The molecule has 2 N–H and O–H groups in total. The average molecular weight is 249 g/mol. The highest BCUT2D eigenvalue weighted by molar-refractivity contribution is 7.15. The second-order valence-electron chi connectivity index (χ2n) is 4.39. The highest BCUT2D eigenvalue weighted by Crippen LogP contribution is 2.32. The van der Waals surface area contributed by atoms with E-state index in [1.54, 1.807) is 11.3 Å². The van der Waals surface area contributed by atoms with Gasteiger partial charge in [0.2, 0.25) is 0 Å². The van der Waals surface area contributed by atoms with Gasteiger partial charge in [-0.25, -0.2) is 4.98 Å². The molecule has 92 valence electrons. The number of anilines is 1. The van der Waals surface area contributed by atoms with Gasteiger partial charge in [-0.1, -0.05) is 6.92 Å².